The van der Waals surface area contributed by atoms with Crippen molar-refractivity contribution in [2.24, 2.45) is 5.92 Å². The first-order valence-electron chi connectivity index (χ1n) is 5.83. The number of hydrogen-bond donors (Lipinski definition) is 2. The van der Waals surface area contributed by atoms with Crippen LogP contribution in [0, 0.1) is 5.92 Å². The summed E-state index contributed by atoms with van der Waals surface area (Å²) in [4.78, 5) is 26.1. The van der Waals surface area contributed by atoms with E-state index in [0.717, 1.165) is 0 Å². The molecule has 1 aliphatic rings. The van der Waals surface area contributed by atoms with E-state index in [2.05, 4.69) is 5.32 Å². The molecule has 2 N–H and O–H groups in total. The van der Waals surface area contributed by atoms with Crippen LogP contribution in [0.4, 0.5) is 4.79 Å². The molecule has 2 amide bonds. The van der Waals surface area contributed by atoms with E-state index >= 15 is 0 Å². The zero-order chi connectivity index (χ0) is 13.0. The number of carboxylic acid groups (broad SMARTS) is 1. The molecule has 1 fully saturated rings. The molecule has 0 aromatic rings. The number of likely N-dealkylation sites (N-methyl/N-ethyl adjacent to an activating group) is 1. The Balaban J connectivity index is 2.32. The van der Waals surface area contributed by atoms with Crippen LogP contribution in [0.5, 0.6) is 0 Å². The molecule has 2 unspecified atom stereocenters. The summed E-state index contributed by atoms with van der Waals surface area (Å²) in [6, 6.07) is 0.0965. The van der Waals surface area contributed by atoms with Gasteiger partial charge in [-0.2, -0.15) is 0 Å². The highest BCUT2D eigenvalue weighted by Gasteiger charge is 2.30. The molecule has 0 bridgehead atoms. The van der Waals surface area contributed by atoms with E-state index in [9.17, 15) is 9.59 Å². The monoisotopic (exact) mass is 243 g/mol. The third-order valence-corrected chi connectivity index (χ3v) is 3.25. The normalized spacial score (nSPS) is 21.6. The maximum atomic E-state index is 11.7. The molecule has 6 nitrogen and oxygen atoms in total. The van der Waals surface area contributed by atoms with Gasteiger partial charge in [-0.25, -0.2) is 4.79 Å². The van der Waals surface area contributed by atoms with E-state index in [4.69, 9.17) is 5.11 Å². The minimum Gasteiger partial charge on any atom is -0.481 e. The number of hydrogen-bond acceptors (Lipinski definition) is 3. The van der Waals surface area contributed by atoms with Gasteiger partial charge in [-0.1, -0.05) is 0 Å². The van der Waals surface area contributed by atoms with Crippen LogP contribution < -0.4 is 5.32 Å². The minimum atomic E-state index is -0.818. The molecule has 1 saturated heterocycles. The Bertz CT molecular complexity index is 294. The van der Waals surface area contributed by atoms with Crippen molar-refractivity contribution in [1.82, 2.24) is 15.1 Å². The third kappa shape index (κ3) is 3.89. The van der Waals surface area contributed by atoms with Crippen LogP contribution >= 0.6 is 0 Å². The van der Waals surface area contributed by atoms with Gasteiger partial charge in [-0.15, -0.1) is 0 Å². The Hall–Kier alpha value is -1.30. The smallest absolute Gasteiger partial charge is 0.317 e. The molecule has 0 spiro atoms. The number of carbonyl (C=O) groups excluding carboxylic acids is 1. The number of amides is 2. The lowest BCUT2D eigenvalue weighted by Gasteiger charge is -2.22. The van der Waals surface area contributed by atoms with Gasteiger partial charge in [-0.3, -0.25) is 4.79 Å². The van der Waals surface area contributed by atoms with Crippen LogP contribution in [0.3, 0.4) is 0 Å². The zero-order valence-corrected chi connectivity index (χ0v) is 10.6. The van der Waals surface area contributed by atoms with Crippen molar-refractivity contribution < 1.29 is 14.7 Å². The van der Waals surface area contributed by atoms with Gasteiger partial charge in [0.15, 0.2) is 0 Å². The maximum Gasteiger partial charge on any atom is 0.317 e. The Morgan fingerprint density at radius 1 is 1.53 bits per heavy atom. The molecular formula is C11H21N3O3. The summed E-state index contributed by atoms with van der Waals surface area (Å²) in [5.74, 6) is -1.23. The predicted molar refractivity (Wildman–Crippen MR) is 63.9 cm³/mol. The van der Waals surface area contributed by atoms with Crippen molar-refractivity contribution in [2.75, 3.05) is 33.7 Å². The predicted octanol–water partition coefficient (Wildman–Crippen LogP) is 0.0526. The highest BCUT2D eigenvalue weighted by Crippen LogP contribution is 2.15. The highest BCUT2D eigenvalue weighted by atomic mass is 16.4. The van der Waals surface area contributed by atoms with Crippen LogP contribution in [-0.2, 0) is 4.79 Å². The first-order chi connectivity index (χ1) is 7.91. The molecule has 17 heavy (non-hydrogen) atoms. The molecule has 1 heterocycles. The van der Waals surface area contributed by atoms with Crippen molar-refractivity contribution in [3.05, 3.63) is 0 Å². The van der Waals surface area contributed by atoms with E-state index in [1.54, 1.807) is 4.90 Å². The zero-order valence-electron chi connectivity index (χ0n) is 10.6. The Morgan fingerprint density at radius 3 is 2.65 bits per heavy atom. The molecule has 0 saturated carbocycles. The summed E-state index contributed by atoms with van der Waals surface area (Å²) in [6.07, 6.45) is 0.548. The summed E-state index contributed by atoms with van der Waals surface area (Å²) in [7, 11) is 3.90. The lowest BCUT2D eigenvalue weighted by atomic mass is 10.1. The molecule has 0 aliphatic carbocycles. The van der Waals surface area contributed by atoms with Crippen LogP contribution in [0.1, 0.15) is 13.3 Å². The summed E-state index contributed by atoms with van der Waals surface area (Å²) in [6.45, 7) is 3.43. The maximum absolute atomic E-state index is 11.7. The Kier molecular flexibility index (Phi) is 4.74. The molecule has 0 radical (unpaired) electrons. The molecular weight excluding hydrogens is 222 g/mol. The van der Waals surface area contributed by atoms with Gasteiger partial charge in [0.2, 0.25) is 0 Å². The fourth-order valence-electron chi connectivity index (χ4n) is 1.68. The minimum absolute atomic E-state index is 0.164. The van der Waals surface area contributed by atoms with Crippen molar-refractivity contribution in [3.8, 4) is 0 Å². The number of carboxylic acids is 1. The lowest BCUT2D eigenvalue weighted by molar-refractivity contribution is -0.141. The number of nitrogens with zero attached hydrogens (tertiary/aromatic N) is 2. The standard InChI is InChI=1S/C11H21N3O3/c1-8(13(2)3)6-12-11(17)14-5-4-9(7-14)10(15)16/h8-9H,4-7H2,1-3H3,(H,12,17)(H,15,16). The molecule has 6 heteroatoms. The first-order valence-corrected chi connectivity index (χ1v) is 5.83. The summed E-state index contributed by atoms with van der Waals surface area (Å²) in [5, 5.41) is 11.7. The number of carbonyl (C=O) groups is 2. The van der Waals surface area contributed by atoms with E-state index in [1.807, 2.05) is 25.9 Å². The molecule has 0 aromatic heterocycles. The van der Waals surface area contributed by atoms with Gasteiger partial charge in [-0.05, 0) is 27.4 Å². The van der Waals surface area contributed by atoms with Crippen LogP contribution in [-0.4, -0.2) is 66.7 Å². The van der Waals surface area contributed by atoms with E-state index < -0.39 is 11.9 Å². The van der Waals surface area contributed by atoms with Crippen LogP contribution in [0.2, 0.25) is 0 Å². The third-order valence-electron chi connectivity index (χ3n) is 3.25. The van der Waals surface area contributed by atoms with Crippen molar-refractivity contribution in [2.45, 2.75) is 19.4 Å². The molecule has 1 rings (SSSR count). The number of aliphatic carboxylic acids is 1. The number of likely N-dealkylation sites (tertiary alicyclic amines) is 1. The summed E-state index contributed by atoms with van der Waals surface area (Å²) >= 11 is 0. The second-order valence-corrected chi connectivity index (χ2v) is 4.77. The number of rotatable bonds is 4. The summed E-state index contributed by atoms with van der Waals surface area (Å²) in [5.41, 5.74) is 0. The van der Waals surface area contributed by atoms with E-state index in [1.165, 1.54) is 0 Å². The first kappa shape index (κ1) is 13.8. The van der Waals surface area contributed by atoms with Gasteiger partial charge in [0.25, 0.3) is 0 Å². The quantitative estimate of drug-likeness (QED) is 0.732. The molecule has 0 aromatic carbocycles. The number of urea groups is 1. The van der Waals surface area contributed by atoms with Crippen molar-refractivity contribution >= 4 is 12.0 Å². The fraction of sp³-hybridized carbons (Fsp3) is 0.818. The molecule has 98 valence electrons. The van der Waals surface area contributed by atoms with E-state index in [0.29, 0.717) is 26.1 Å². The van der Waals surface area contributed by atoms with E-state index in [-0.39, 0.29) is 12.1 Å². The van der Waals surface area contributed by atoms with Crippen LogP contribution in [0.25, 0.3) is 0 Å². The molecule has 1 aliphatic heterocycles. The van der Waals surface area contributed by atoms with Gasteiger partial charge in [0.05, 0.1) is 5.92 Å². The second kappa shape index (κ2) is 5.86. The average Bonchev–Trinajstić information content (AvgIpc) is 2.74. The molecule has 2 atom stereocenters. The lowest BCUT2D eigenvalue weighted by Crippen LogP contribution is -2.44. The Morgan fingerprint density at radius 2 is 2.18 bits per heavy atom. The summed E-state index contributed by atoms with van der Waals surface area (Å²) < 4.78 is 0. The van der Waals surface area contributed by atoms with Gasteiger partial charge in [0, 0.05) is 25.7 Å². The largest absolute Gasteiger partial charge is 0.481 e. The van der Waals surface area contributed by atoms with Gasteiger partial charge < -0.3 is 20.2 Å². The average molecular weight is 243 g/mol. The van der Waals surface area contributed by atoms with Crippen LogP contribution in [0.15, 0.2) is 0 Å². The topological polar surface area (TPSA) is 72.9 Å². The van der Waals surface area contributed by atoms with Crippen molar-refractivity contribution in [1.29, 1.82) is 0 Å². The fourth-order valence-corrected chi connectivity index (χ4v) is 1.68. The highest BCUT2D eigenvalue weighted by molar-refractivity contribution is 5.77. The SMILES string of the molecule is CC(CNC(=O)N1CCC(C(=O)O)C1)N(C)C. The van der Waals surface area contributed by atoms with Gasteiger partial charge >= 0.3 is 12.0 Å². The number of nitrogens with one attached hydrogen (secondary N) is 1. The second-order valence-electron chi connectivity index (χ2n) is 4.77. The van der Waals surface area contributed by atoms with Crippen molar-refractivity contribution in [3.63, 3.8) is 0 Å². The Labute approximate surface area is 102 Å². The van der Waals surface area contributed by atoms with Gasteiger partial charge in [0.1, 0.15) is 0 Å².